The molecule has 0 unspecified atom stereocenters. The van der Waals surface area contributed by atoms with Crippen LogP contribution < -0.4 is 4.72 Å². The van der Waals surface area contributed by atoms with Crippen molar-refractivity contribution in [2.24, 2.45) is 0 Å². The van der Waals surface area contributed by atoms with Gasteiger partial charge in [-0.2, -0.15) is 5.10 Å². The Hall–Kier alpha value is -1.74. The number of para-hydroxylation sites is 1. The second-order valence-corrected chi connectivity index (χ2v) is 8.34. The number of aromatic nitrogens is 2. The van der Waals surface area contributed by atoms with E-state index in [0.29, 0.717) is 5.69 Å². The van der Waals surface area contributed by atoms with Crippen molar-refractivity contribution in [1.29, 1.82) is 0 Å². The number of rotatable bonds is 8. The van der Waals surface area contributed by atoms with E-state index in [9.17, 15) is 8.42 Å². The van der Waals surface area contributed by atoms with Crippen LogP contribution in [0.5, 0.6) is 0 Å². The highest BCUT2D eigenvalue weighted by atomic mass is 32.2. The molecule has 0 saturated carbocycles. The van der Waals surface area contributed by atoms with E-state index >= 15 is 0 Å². The van der Waals surface area contributed by atoms with Crippen LogP contribution in [0.25, 0.3) is 5.69 Å². The molecule has 0 saturated heterocycles. The van der Waals surface area contributed by atoms with Gasteiger partial charge in [-0.3, -0.25) is 0 Å². The average molecular weight is 367 g/mol. The maximum atomic E-state index is 12.7. The number of ether oxygens (including phenoxy) is 1. The van der Waals surface area contributed by atoms with Gasteiger partial charge >= 0.3 is 0 Å². The highest BCUT2D eigenvalue weighted by molar-refractivity contribution is 7.89. The predicted octanol–water partition coefficient (Wildman–Crippen LogP) is 1.46. The molecular formula is C17H25N3O4S. The van der Waals surface area contributed by atoms with Gasteiger partial charge in [0.15, 0.2) is 0 Å². The molecule has 0 fully saturated rings. The lowest BCUT2D eigenvalue weighted by Crippen LogP contribution is -2.29. The summed E-state index contributed by atoms with van der Waals surface area (Å²) >= 11 is 0. The first-order chi connectivity index (χ1) is 11.8. The largest absolute Gasteiger partial charge is 0.394 e. The summed E-state index contributed by atoms with van der Waals surface area (Å²) in [6.07, 6.45) is 1.53. The fraction of sp³-hybridized carbons (Fsp3) is 0.471. The first-order valence-corrected chi connectivity index (χ1v) is 9.58. The van der Waals surface area contributed by atoms with Crippen LogP contribution in [0.4, 0.5) is 0 Å². The van der Waals surface area contributed by atoms with Crippen LogP contribution in [-0.4, -0.2) is 49.7 Å². The molecule has 138 valence electrons. The summed E-state index contributed by atoms with van der Waals surface area (Å²) in [5.41, 5.74) is 0.859. The predicted molar refractivity (Wildman–Crippen MR) is 95.4 cm³/mol. The Morgan fingerprint density at radius 2 is 1.88 bits per heavy atom. The normalized spacial score (nSPS) is 12.5. The average Bonchev–Trinajstić information content (AvgIpc) is 3.02. The van der Waals surface area contributed by atoms with Gasteiger partial charge in [0.05, 0.1) is 37.4 Å². The van der Waals surface area contributed by atoms with Gasteiger partial charge in [0.25, 0.3) is 0 Å². The number of aliphatic hydroxyl groups excluding tert-OH is 1. The molecule has 0 bridgehead atoms. The molecule has 1 heterocycles. The Bertz CT molecular complexity index is 780. The van der Waals surface area contributed by atoms with Crippen molar-refractivity contribution in [1.82, 2.24) is 14.5 Å². The Morgan fingerprint density at radius 3 is 2.48 bits per heavy atom. The highest BCUT2D eigenvalue weighted by Crippen LogP contribution is 2.28. The van der Waals surface area contributed by atoms with E-state index < -0.39 is 15.4 Å². The molecule has 2 N–H and O–H groups in total. The van der Waals surface area contributed by atoms with Crippen LogP contribution >= 0.6 is 0 Å². The van der Waals surface area contributed by atoms with Crippen molar-refractivity contribution >= 4 is 10.0 Å². The van der Waals surface area contributed by atoms with E-state index in [0.717, 1.165) is 5.69 Å². The van der Waals surface area contributed by atoms with Gasteiger partial charge in [-0.1, -0.05) is 39.0 Å². The summed E-state index contributed by atoms with van der Waals surface area (Å²) in [5.74, 6) is 0. The molecular weight excluding hydrogens is 342 g/mol. The molecule has 8 heteroatoms. The van der Waals surface area contributed by atoms with Gasteiger partial charge in [-0.15, -0.1) is 0 Å². The zero-order valence-corrected chi connectivity index (χ0v) is 15.6. The van der Waals surface area contributed by atoms with Gasteiger partial charge < -0.3 is 9.84 Å². The van der Waals surface area contributed by atoms with Gasteiger partial charge in [-0.05, 0) is 12.1 Å². The van der Waals surface area contributed by atoms with Gasteiger partial charge in [0, 0.05) is 12.0 Å². The van der Waals surface area contributed by atoms with Crippen LogP contribution in [0, 0.1) is 0 Å². The molecule has 0 aliphatic carbocycles. The Labute approximate surface area is 148 Å². The zero-order valence-electron chi connectivity index (χ0n) is 14.8. The second kappa shape index (κ2) is 8.09. The SMILES string of the molecule is CC(C)(C)c1nn(-c2ccccc2)cc1S(=O)(=O)NCCOCCO. The quantitative estimate of drug-likeness (QED) is 0.689. The summed E-state index contributed by atoms with van der Waals surface area (Å²) in [6, 6.07) is 9.37. The Balaban J connectivity index is 2.30. The van der Waals surface area contributed by atoms with Gasteiger partial charge in [0.1, 0.15) is 4.90 Å². The first kappa shape index (κ1) is 19.6. The maximum absolute atomic E-state index is 12.7. The number of nitrogens with one attached hydrogen (secondary N) is 1. The number of hydrogen-bond acceptors (Lipinski definition) is 5. The molecule has 7 nitrogen and oxygen atoms in total. The molecule has 2 rings (SSSR count). The van der Waals surface area contributed by atoms with E-state index in [2.05, 4.69) is 9.82 Å². The monoisotopic (exact) mass is 367 g/mol. The molecule has 0 radical (unpaired) electrons. The molecule has 25 heavy (non-hydrogen) atoms. The third-order valence-corrected chi connectivity index (χ3v) is 4.94. The van der Waals surface area contributed by atoms with E-state index in [1.165, 1.54) is 6.20 Å². The lowest BCUT2D eigenvalue weighted by atomic mass is 9.92. The lowest BCUT2D eigenvalue weighted by Gasteiger charge is -2.17. The smallest absolute Gasteiger partial charge is 0.244 e. The van der Waals surface area contributed by atoms with Crippen LogP contribution in [-0.2, 0) is 20.2 Å². The zero-order chi connectivity index (χ0) is 18.5. The lowest BCUT2D eigenvalue weighted by molar-refractivity contribution is 0.0961. The Kier molecular flexibility index (Phi) is 6.34. The summed E-state index contributed by atoms with van der Waals surface area (Å²) in [6.45, 7) is 6.18. The molecule has 0 amide bonds. The number of aliphatic hydroxyl groups is 1. The van der Waals surface area contributed by atoms with Crippen molar-refractivity contribution in [2.75, 3.05) is 26.4 Å². The number of hydrogen-bond donors (Lipinski definition) is 2. The maximum Gasteiger partial charge on any atom is 0.244 e. The molecule has 1 aromatic carbocycles. The first-order valence-electron chi connectivity index (χ1n) is 8.09. The van der Waals surface area contributed by atoms with Crippen molar-refractivity contribution < 1.29 is 18.3 Å². The minimum absolute atomic E-state index is 0.0925. The minimum Gasteiger partial charge on any atom is -0.394 e. The van der Waals surface area contributed by atoms with Crippen LogP contribution in [0.3, 0.4) is 0 Å². The highest BCUT2D eigenvalue weighted by Gasteiger charge is 2.30. The van der Waals surface area contributed by atoms with Crippen molar-refractivity contribution in [2.45, 2.75) is 31.1 Å². The van der Waals surface area contributed by atoms with Crippen LogP contribution in [0.15, 0.2) is 41.4 Å². The van der Waals surface area contributed by atoms with E-state index in [1.54, 1.807) is 4.68 Å². The van der Waals surface area contributed by atoms with Gasteiger partial charge in [-0.25, -0.2) is 17.8 Å². The molecule has 0 spiro atoms. The van der Waals surface area contributed by atoms with E-state index in [-0.39, 0.29) is 31.3 Å². The van der Waals surface area contributed by atoms with Crippen LogP contribution in [0.1, 0.15) is 26.5 Å². The third kappa shape index (κ3) is 5.12. The van der Waals surface area contributed by atoms with Gasteiger partial charge in [0.2, 0.25) is 10.0 Å². The number of sulfonamides is 1. The molecule has 2 aromatic rings. The van der Waals surface area contributed by atoms with E-state index in [1.807, 2.05) is 51.1 Å². The second-order valence-electron chi connectivity index (χ2n) is 6.61. The number of nitrogens with zero attached hydrogens (tertiary/aromatic N) is 2. The fourth-order valence-electron chi connectivity index (χ4n) is 2.28. The van der Waals surface area contributed by atoms with E-state index in [4.69, 9.17) is 9.84 Å². The van der Waals surface area contributed by atoms with Crippen LogP contribution in [0.2, 0.25) is 0 Å². The Morgan fingerprint density at radius 1 is 1.20 bits per heavy atom. The third-order valence-electron chi connectivity index (χ3n) is 3.48. The minimum atomic E-state index is -3.72. The van der Waals surface area contributed by atoms with Crippen molar-refractivity contribution in [3.05, 3.63) is 42.2 Å². The van der Waals surface area contributed by atoms with Crippen molar-refractivity contribution in [3.8, 4) is 5.69 Å². The summed E-state index contributed by atoms with van der Waals surface area (Å²) in [4.78, 5) is 0.158. The summed E-state index contributed by atoms with van der Waals surface area (Å²) in [5, 5.41) is 13.2. The number of benzene rings is 1. The van der Waals surface area contributed by atoms with Crippen molar-refractivity contribution in [3.63, 3.8) is 0 Å². The molecule has 0 aliphatic rings. The molecule has 1 aromatic heterocycles. The summed E-state index contributed by atoms with van der Waals surface area (Å²) in [7, 11) is -3.72. The molecule has 0 atom stereocenters. The molecule has 0 aliphatic heterocycles. The summed E-state index contributed by atoms with van der Waals surface area (Å²) < 4.78 is 34.6. The fourth-order valence-corrected chi connectivity index (χ4v) is 3.63. The standard InChI is InChI=1S/C17H25N3O4S/c1-17(2,3)16-15(25(22,23)18-9-11-24-12-10-21)13-20(19-16)14-7-5-4-6-8-14/h4-8,13,18,21H,9-12H2,1-3H3. The topological polar surface area (TPSA) is 93.5 Å².